The minimum Gasteiger partial charge on any atom is -0.351 e. The van der Waals surface area contributed by atoms with Crippen LogP contribution in [0.3, 0.4) is 0 Å². The Morgan fingerprint density at radius 2 is 2.00 bits per heavy atom. The molecule has 0 atom stereocenters. The minimum atomic E-state index is -3.29. The van der Waals surface area contributed by atoms with Crippen molar-refractivity contribution >= 4 is 15.9 Å². The van der Waals surface area contributed by atoms with E-state index in [1.807, 2.05) is 0 Å². The molecule has 1 aromatic heterocycles. The summed E-state index contributed by atoms with van der Waals surface area (Å²) in [6.07, 6.45) is 0. The fourth-order valence-corrected chi connectivity index (χ4v) is 2.18. The monoisotopic (exact) mass is 274 g/mol. The molecule has 2 N–H and O–H groups in total. The van der Waals surface area contributed by atoms with Crippen LogP contribution >= 0.6 is 0 Å². The van der Waals surface area contributed by atoms with Gasteiger partial charge < -0.3 is 5.32 Å². The number of hydrogen-bond donors (Lipinski definition) is 2. The highest BCUT2D eigenvalue weighted by atomic mass is 32.2. The van der Waals surface area contributed by atoms with E-state index >= 15 is 0 Å². The highest BCUT2D eigenvalue weighted by molar-refractivity contribution is 7.89. The second-order valence-corrected chi connectivity index (χ2v) is 6.47. The molecule has 0 aliphatic rings. The second-order valence-electron chi connectivity index (χ2n) is 4.16. The lowest BCUT2D eigenvalue weighted by Gasteiger charge is -2.11. The molecule has 1 aromatic rings. The van der Waals surface area contributed by atoms with Crippen molar-refractivity contribution in [2.45, 2.75) is 13.8 Å². The van der Waals surface area contributed by atoms with Crippen molar-refractivity contribution < 1.29 is 13.2 Å². The summed E-state index contributed by atoms with van der Waals surface area (Å²) >= 11 is 0. The van der Waals surface area contributed by atoms with Crippen LogP contribution in [0.1, 0.15) is 21.7 Å². The Bertz CT molecular complexity index is 514. The molecular weight excluding hydrogens is 256 g/mol. The molecule has 0 unspecified atom stereocenters. The summed E-state index contributed by atoms with van der Waals surface area (Å²) in [6, 6.07) is 0. The Labute approximate surface area is 107 Å². The number of aromatic amines is 1. The molecule has 0 spiro atoms. The number of carbonyl (C=O) groups is 1. The highest BCUT2D eigenvalue weighted by Crippen LogP contribution is 2.08. The summed E-state index contributed by atoms with van der Waals surface area (Å²) in [5, 5.41) is 9.19. The normalized spacial score (nSPS) is 11.8. The lowest BCUT2D eigenvalue weighted by molar-refractivity contribution is 0.0955. The van der Waals surface area contributed by atoms with Crippen LogP contribution in [0.4, 0.5) is 0 Å². The first-order valence-corrected chi connectivity index (χ1v) is 7.06. The molecule has 0 bridgehead atoms. The van der Waals surface area contributed by atoms with Gasteiger partial charge in [-0.15, -0.1) is 0 Å². The standard InChI is InChI=1S/C10H18N4O3S/c1-7-9(8(2)13-12-7)10(15)11-5-6-18(16,17)14(3)4/h5-6H2,1-4H3,(H,11,15)(H,12,13). The molecule has 0 saturated heterocycles. The van der Waals surface area contributed by atoms with Crippen LogP contribution < -0.4 is 5.32 Å². The molecule has 7 nitrogen and oxygen atoms in total. The summed E-state index contributed by atoms with van der Waals surface area (Å²) in [5.74, 6) is -0.436. The summed E-state index contributed by atoms with van der Waals surface area (Å²) in [6.45, 7) is 3.53. The van der Waals surface area contributed by atoms with Crippen LogP contribution in [0, 0.1) is 13.8 Å². The Kier molecular flexibility index (Phi) is 4.47. The van der Waals surface area contributed by atoms with Gasteiger partial charge in [-0.1, -0.05) is 0 Å². The maximum atomic E-state index is 11.8. The van der Waals surface area contributed by atoms with Crippen molar-refractivity contribution in [2.24, 2.45) is 0 Å². The Morgan fingerprint density at radius 3 is 2.44 bits per heavy atom. The SMILES string of the molecule is Cc1n[nH]c(C)c1C(=O)NCCS(=O)(=O)N(C)C. The zero-order valence-corrected chi connectivity index (χ0v) is 11.8. The average molecular weight is 274 g/mol. The van der Waals surface area contributed by atoms with Crippen molar-refractivity contribution in [1.29, 1.82) is 0 Å². The third-order valence-electron chi connectivity index (χ3n) is 2.56. The van der Waals surface area contributed by atoms with Crippen LogP contribution in [0.5, 0.6) is 0 Å². The van der Waals surface area contributed by atoms with E-state index in [4.69, 9.17) is 0 Å². The topological polar surface area (TPSA) is 95.2 Å². The molecular formula is C10H18N4O3S. The van der Waals surface area contributed by atoms with Crippen LogP contribution in [0.2, 0.25) is 0 Å². The van der Waals surface area contributed by atoms with E-state index in [2.05, 4.69) is 15.5 Å². The van der Waals surface area contributed by atoms with E-state index in [1.54, 1.807) is 13.8 Å². The maximum Gasteiger partial charge on any atom is 0.255 e. The average Bonchev–Trinajstić information content (AvgIpc) is 2.58. The van der Waals surface area contributed by atoms with Crippen molar-refractivity contribution in [3.8, 4) is 0 Å². The molecule has 1 heterocycles. The van der Waals surface area contributed by atoms with Gasteiger partial charge in [-0.05, 0) is 13.8 Å². The first-order valence-electron chi connectivity index (χ1n) is 5.45. The van der Waals surface area contributed by atoms with Gasteiger partial charge in [-0.25, -0.2) is 12.7 Å². The third kappa shape index (κ3) is 3.30. The molecule has 0 radical (unpaired) electrons. The van der Waals surface area contributed by atoms with E-state index in [9.17, 15) is 13.2 Å². The molecule has 1 amide bonds. The quantitative estimate of drug-likeness (QED) is 0.767. The molecule has 0 saturated carbocycles. The predicted octanol–water partition coefficient (Wildman–Crippen LogP) is -0.352. The van der Waals surface area contributed by atoms with E-state index in [0.717, 1.165) is 4.31 Å². The Hall–Kier alpha value is -1.41. The number of carbonyl (C=O) groups excluding carboxylic acids is 1. The Balaban J connectivity index is 2.59. The largest absolute Gasteiger partial charge is 0.351 e. The van der Waals surface area contributed by atoms with Gasteiger partial charge in [-0.2, -0.15) is 5.10 Å². The summed E-state index contributed by atoms with van der Waals surface area (Å²) in [7, 11) is -0.368. The first-order chi connectivity index (χ1) is 8.25. The number of aryl methyl sites for hydroxylation is 2. The molecule has 1 rings (SSSR count). The Morgan fingerprint density at radius 1 is 1.39 bits per heavy atom. The fraction of sp³-hybridized carbons (Fsp3) is 0.600. The maximum absolute atomic E-state index is 11.8. The molecule has 102 valence electrons. The van der Waals surface area contributed by atoms with Gasteiger partial charge >= 0.3 is 0 Å². The van der Waals surface area contributed by atoms with Crippen molar-refractivity contribution in [3.05, 3.63) is 17.0 Å². The van der Waals surface area contributed by atoms with E-state index in [-0.39, 0.29) is 18.2 Å². The molecule has 0 aliphatic carbocycles. The van der Waals surface area contributed by atoms with Gasteiger partial charge in [0.15, 0.2) is 0 Å². The minimum absolute atomic E-state index is 0.0728. The summed E-state index contributed by atoms with van der Waals surface area (Å²) < 4.78 is 24.1. The number of H-pyrrole nitrogens is 1. The summed E-state index contributed by atoms with van der Waals surface area (Å²) in [5.41, 5.74) is 1.73. The summed E-state index contributed by atoms with van der Waals surface area (Å²) in [4.78, 5) is 11.8. The van der Waals surface area contributed by atoms with E-state index in [0.29, 0.717) is 17.0 Å². The predicted molar refractivity (Wildman–Crippen MR) is 67.9 cm³/mol. The molecule has 18 heavy (non-hydrogen) atoms. The number of nitrogens with one attached hydrogen (secondary N) is 2. The zero-order valence-electron chi connectivity index (χ0n) is 10.9. The van der Waals surface area contributed by atoms with Gasteiger partial charge in [0.05, 0.1) is 17.0 Å². The zero-order chi connectivity index (χ0) is 13.9. The number of aromatic nitrogens is 2. The highest BCUT2D eigenvalue weighted by Gasteiger charge is 2.17. The van der Waals surface area contributed by atoms with Crippen molar-refractivity contribution in [2.75, 3.05) is 26.4 Å². The fourth-order valence-electron chi connectivity index (χ4n) is 1.45. The van der Waals surface area contributed by atoms with Crippen molar-refractivity contribution in [1.82, 2.24) is 19.8 Å². The van der Waals surface area contributed by atoms with Gasteiger partial charge in [-0.3, -0.25) is 9.89 Å². The van der Waals surface area contributed by atoms with Crippen LogP contribution in [0.25, 0.3) is 0 Å². The smallest absolute Gasteiger partial charge is 0.255 e. The molecule has 0 aromatic carbocycles. The van der Waals surface area contributed by atoms with Gasteiger partial charge in [0.25, 0.3) is 5.91 Å². The van der Waals surface area contributed by atoms with Gasteiger partial charge in [0.1, 0.15) is 0 Å². The number of sulfonamides is 1. The lowest BCUT2D eigenvalue weighted by Crippen LogP contribution is -2.34. The number of nitrogens with zero attached hydrogens (tertiary/aromatic N) is 2. The van der Waals surface area contributed by atoms with Gasteiger partial charge in [0.2, 0.25) is 10.0 Å². The molecule has 8 heteroatoms. The molecule has 0 aliphatic heterocycles. The van der Waals surface area contributed by atoms with Crippen LogP contribution in [0.15, 0.2) is 0 Å². The van der Waals surface area contributed by atoms with E-state index < -0.39 is 10.0 Å². The van der Waals surface area contributed by atoms with Crippen LogP contribution in [-0.2, 0) is 10.0 Å². The number of amides is 1. The number of rotatable bonds is 5. The third-order valence-corrected chi connectivity index (χ3v) is 4.39. The van der Waals surface area contributed by atoms with Gasteiger partial charge in [0, 0.05) is 26.3 Å². The van der Waals surface area contributed by atoms with Crippen molar-refractivity contribution in [3.63, 3.8) is 0 Å². The number of hydrogen-bond acceptors (Lipinski definition) is 4. The molecule has 0 fully saturated rings. The second kappa shape index (κ2) is 5.49. The van der Waals surface area contributed by atoms with E-state index in [1.165, 1.54) is 14.1 Å². The van der Waals surface area contributed by atoms with Crippen LogP contribution in [-0.4, -0.2) is 55.2 Å². The lowest BCUT2D eigenvalue weighted by atomic mass is 10.2. The first kappa shape index (κ1) is 14.7.